The Morgan fingerprint density at radius 2 is 1.67 bits per heavy atom. The molecule has 0 aromatic heterocycles. The fourth-order valence-corrected chi connectivity index (χ4v) is 3.22. The molecule has 1 N–H and O–H groups in total. The van der Waals surface area contributed by atoms with Crippen LogP contribution in [0, 0.1) is 0 Å². The summed E-state index contributed by atoms with van der Waals surface area (Å²) < 4.78 is 4.64. The highest BCUT2D eigenvalue weighted by molar-refractivity contribution is 6.11. The van der Waals surface area contributed by atoms with Crippen LogP contribution in [0.1, 0.15) is 40.1 Å². The van der Waals surface area contributed by atoms with E-state index in [4.69, 9.17) is 0 Å². The number of nitrogens with zero attached hydrogens (tertiary/aromatic N) is 1. The molecule has 0 saturated carbocycles. The monoisotopic (exact) mass is 406 g/mol. The van der Waals surface area contributed by atoms with E-state index in [0.29, 0.717) is 29.8 Å². The number of rotatable bonds is 5. The first-order chi connectivity index (χ1) is 14.3. The smallest absolute Gasteiger partial charge is 0.337 e. The Bertz CT molecular complexity index is 1050. The van der Waals surface area contributed by atoms with Gasteiger partial charge in [-0.15, -0.1) is 0 Å². The van der Waals surface area contributed by atoms with Gasteiger partial charge in [0, 0.05) is 35.1 Å². The molecule has 7 heteroatoms. The summed E-state index contributed by atoms with van der Waals surface area (Å²) in [5.74, 6) is -1.19. The third kappa shape index (κ3) is 4.46. The number of amides is 2. The van der Waals surface area contributed by atoms with Crippen LogP contribution >= 0.6 is 0 Å². The summed E-state index contributed by atoms with van der Waals surface area (Å²) in [5, 5.41) is 2.69. The molecular formula is C23H22N2O5. The lowest BCUT2D eigenvalue weighted by molar-refractivity contribution is -0.115. The average Bonchev–Trinajstić information content (AvgIpc) is 3.17. The molecule has 30 heavy (non-hydrogen) atoms. The molecule has 7 nitrogen and oxygen atoms in total. The maximum atomic E-state index is 12.7. The molecule has 154 valence electrons. The number of Topliss-reactive ketones (excluding diaryl/α,β-unsaturated/α-hetero) is 1. The summed E-state index contributed by atoms with van der Waals surface area (Å²) >= 11 is 0. The molecule has 3 rings (SSSR count). The minimum Gasteiger partial charge on any atom is -0.465 e. The molecule has 1 aliphatic rings. The molecule has 0 aliphatic carbocycles. The van der Waals surface area contributed by atoms with Crippen LogP contribution < -0.4 is 10.2 Å². The zero-order valence-electron chi connectivity index (χ0n) is 17.0. The van der Waals surface area contributed by atoms with Crippen molar-refractivity contribution < 1.29 is 23.9 Å². The molecule has 2 aromatic rings. The first kappa shape index (κ1) is 21.0. The van der Waals surface area contributed by atoms with E-state index < -0.39 is 11.9 Å². The fourth-order valence-electron chi connectivity index (χ4n) is 3.22. The van der Waals surface area contributed by atoms with Crippen LogP contribution in [-0.2, 0) is 20.7 Å². The normalized spacial score (nSPS) is 12.9. The molecule has 0 radical (unpaired) electrons. The van der Waals surface area contributed by atoms with Gasteiger partial charge in [-0.3, -0.25) is 14.4 Å². The number of fused-ring (bicyclic) bond motifs is 1. The molecule has 0 unspecified atom stereocenters. The second kappa shape index (κ2) is 8.73. The molecule has 0 spiro atoms. The average molecular weight is 406 g/mol. The van der Waals surface area contributed by atoms with E-state index in [1.54, 1.807) is 48.2 Å². The van der Waals surface area contributed by atoms with Crippen LogP contribution in [0.3, 0.4) is 0 Å². The van der Waals surface area contributed by atoms with Crippen LogP contribution in [0.4, 0.5) is 11.4 Å². The number of ether oxygens (including phenoxy) is 1. The van der Waals surface area contributed by atoms with E-state index in [1.165, 1.54) is 20.1 Å². The maximum Gasteiger partial charge on any atom is 0.337 e. The van der Waals surface area contributed by atoms with Crippen molar-refractivity contribution in [1.29, 1.82) is 0 Å². The molecule has 1 heterocycles. The zero-order valence-corrected chi connectivity index (χ0v) is 17.0. The molecule has 0 fully saturated rings. The lowest BCUT2D eigenvalue weighted by Crippen LogP contribution is -2.28. The molecular weight excluding hydrogens is 384 g/mol. The number of carbonyl (C=O) groups excluding carboxylic acids is 4. The number of nitrogens with one attached hydrogen (secondary N) is 1. The van der Waals surface area contributed by atoms with Crippen molar-refractivity contribution in [3.63, 3.8) is 0 Å². The Hall–Kier alpha value is -3.74. The summed E-state index contributed by atoms with van der Waals surface area (Å²) in [5.41, 5.74) is 3.44. The first-order valence-corrected chi connectivity index (χ1v) is 9.43. The first-order valence-electron chi connectivity index (χ1n) is 9.43. The summed E-state index contributed by atoms with van der Waals surface area (Å²) in [6.07, 6.45) is 1.96. The topological polar surface area (TPSA) is 92.8 Å². The van der Waals surface area contributed by atoms with Crippen molar-refractivity contribution in [2.45, 2.75) is 20.3 Å². The summed E-state index contributed by atoms with van der Waals surface area (Å²) in [7, 11) is 1.30. The van der Waals surface area contributed by atoms with Gasteiger partial charge in [-0.1, -0.05) is 0 Å². The Labute approximate surface area is 174 Å². The van der Waals surface area contributed by atoms with Crippen molar-refractivity contribution in [2.75, 3.05) is 23.9 Å². The van der Waals surface area contributed by atoms with Crippen LogP contribution in [0.25, 0.3) is 0 Å². The number of benzene rings is 2. The summed E-state index contributed by atoms with van der Waals surface area (Å²) in [4.78, 5) is 49.7. The van der Waals surface area contributed by atoms with Gasteiger partial charge in [0.1, 0.15) is 0 Å². The predicted molar refractivity (Wildman–Crippen MR) is 113 cm³/mol. The fraction of sp³-hybridized carbons (Fsp3) is 0.217. The molecule has 2 amide bonds. The highest BCUT2D eigenvalue weighted by atomic mass is 16.5. The van der Waals surface area contributed by atoms with Gasteiger partial charge < -0.3 is 15.0 Å². The Balaban J connectivity index is 1.68. The number of hydrogen-bond donors (Lipinski definition) is 1. The lowest BCUT2D eigenvalue weighted by Gasteiger charge is -2.16. The van der Waals surface area contributed by atoms with Gasteiger partial charge in [0.25, 0.3) is 11.8 Å². The van der Waals surface area contributed by atoms with Gasteiger partial charge in [-0.25, -0.2) is 4.79 Å². The number of ketones is 1. The molecule has 2 aromatic carbocycles. The summed E-state index contributed by atoms with van der Waals surface area (Å²) in [6, 6.07) is 11.5. The van der Waals surface area contributed by atoms with Gasteiger partial charge in [-0.2, -0.15) is 0 Å². The quantitative estimate of drug-likeness (QED) is 0.468. The van der Waals surface area contributed by atoms with Gasteiger partial charge in [0.2, 0.25) is 0 Å². The van der Waals surface area contributed by atoms with Gasteiger partial charge >= 0.3 is 5.97 Å². The standard InChI is InChI=1S/C23H22N2O5/c1-14(22(28)24-19-7-4-16(5-8-19)23(29)30-3)12-21(27)25-11-10-18-13-17(15(2)26)6-9-20(18)25/h4-9,12-13H,10-11H2,1-3H3,(H,24,28)/b14-12+. The molecule has 1 aliphatic heterocycles. The SMILES string of the molecule is COC(=O)c1ccc(NC(=O)/C(C)=C/C(=O)N2CCc3cc(C(C)=O)ccc32)cc1. The number of carbonyl (C=O) groups is 4. The van der Waals surface area contributed by atoms with E-state index >= 15 is 0 Å². The largest absolute Gasteiger partial charge is 0.465 e. The molecule has 0 bridgehead atoms. The minimum absolute atomic E-state index is 0.0189. The third-order valence-electron chi connectivity index (χ3n) is 4.91. The van der Waals surface area contributed by atoms with Crippen molar-refractivity contribution in [1.82, 2.24) is 0 Å². The number of hydrogen-bond acceptors (Lipinski definition) is 5. The highest BCUT2D eigenvalue weighted by Crippen LogP contribution is 2.29. The van der Waals surface area contributed by atoms with E-state index in [0.717, 1.165) is 11.3 Å². The Kier molecular flexibility index (Phi) is 6.11. The van der Waals surface area contributed by atoms with Crippen LogP contribution in [0.15, 0.2) is 54.1 Å². The van der Waals surface area contributed by atoms with E-state index in [2.05, 4.69) is 10.1 Å². The van der Waals surface area contributed by atoms with Gasteiger partial charge in [0.05, 0.1) is 12.7 Å². The zero-order chi connectivity index (χ0) is 21.8. The lowest BCUT2D eigenvalue weighted by atomic mass is 10.1. The second-order valence-electron chi connectivity index (χ2n) is 6.99. The summed E-state index contributed by atoms with van der Waals surface area (Å²) in [6.45, 7) is 3.56. The molecule has 0 atom stereocenters. The van der Waals surface area contributed by atoms with Crippen molar-refractivity contribution >= 4 is 34.9 Å². The van der Waals surface area contributed by atoms with Crippen molar-refractivity contribution in [3.05, 3.63) is 70.8 Å². The second-order valence-corrected chi connectivity index (χ2v) is 6.99. The maximum absolute atomic E-state index is 12.7. The number of anilines is 2. The van der Waals surface area contributed by atoms with E-state index in [9.17, 15) is 19.2 Å². The minimum atomic E-state index is -0.462. The van der Waals surface area contributed by atoms with Crippen LogP contribution in [-0.4, -0.2) is 37.2 Å². The van der Waals surface area contributed by atoms with E-state index in [1.807, 2.05) is 6.07 Å². The van der Waals surface area contributed by atoms with Crippen molar-refractivity contribution in [3.8, 4) is 0 Å². The van der Waals surface area contributed by atoms with E-state index in [-0.39, 0.29) is 17.3 Å². The highest BCUT2D eigenvalue weighted by Gasteiger charge is 2.24. The van der Waals surface area contributed by atoms with Crippen LogP contribution in [0.5, 0.6) is 0 Å². The Morgan fingerprint density at radius 3 is 2.30 bits per heavy atom. The number of methoxy groups -OCH3 is 1. The van der Waals surface area contributed by atoms with Crippen molar-refractivity contribution in [2.24, 2.45) is 0 Å². The van der Waals surface area contributed by atoms with Gasteiger partial charge in [-0.05, 0) is 68.3 Å². The van der Waals surface area contributed by atoms with Crippen LogP contribution in [0.2, 0.25) is 0 Å². The predicted octanol–water partition coefficient (Wildman–Crippen LogP) is 3.15. The third-order valence-corrected chi connectivity index (χ3v) is 4.91. The molecule has 0 saturated heterocycles. The number of esters is 1. The Morgan fingerprint density at radius 1 is 1.00 bits per heavy atom. The van der Waals surface area contributed by atoms with Gasteiger partial charge in [0.15, 0.2) is 5.78 Å².